The molecule has 1 aromatic heterocycles. The van der Waals surface area contributed by atoms with Gasteiger partial charge in [-0.15, -0.1) is 0 Å². The first kappa shape index (κ1) is 23.3. The lowest BCUT2D eigenvalue weighted by Gasteiger charge is -2.20. The standard InChI is InChI=1S/C27H32ClFN2/c1-15(2)12-20-8-9-21(13-23(20)29)26-18(6)17(5)25(19(7)27(26)28)22-10-11-24(30-14-22)31-16(3)4/h8-11,13-16H,12H2,1-7H3,(H,30,31). The van der Waals surface area contributed by atoms with Gasteiger partial charge in [0.25, 0.3) is 0 Å². The molecule has 0 bridgehead atoms. The zero-order valence-electron chi connectivity index (χ0n) is 19.5. The quantitative estimate of drug-likeness (QED) is 0.420. The number of nitrogens with zero attached hydrogens (tertiary/aromatic N) is 1. The first-order chi connectivity index (χ1) is 14.6. The third-order valence-electron chi connectivity index (χ3n) is 5.69. The maximum absolute atomic E-state index is 14.8. The van der Waals surface area contributed by atoms with Crippen molar-refractivity contribution in [3.05, 3.63) is 69.6 Å². The van der Waals surface area contributed by atoms with Crippen LogP contribution in [0.2, 0.25) is 5.02 Å². The molecule has 1 N–H and O–H groups in total. The molecule has 2 aromatic carbocycles. The molecule has 0 aliphatic heterocycles. The summed E-state index contributed by atoms with van der Waals surface area (Å²) in [5, 5.41) is 3.98. The predicted molar refractivity (Wildman–Crippen MR) is 132 cm³/mol. The normalized spacial score (nSPS) is 11.5. The minimum Gasteiger partial charge on any atom is -0.368 e. The summed E-state index contributed by atoms with van der Waals surface area (Å²) in [5.41, 5.74) is 7.77. The van der Waals surface area contributed by atoms with Crippen molar-refractivity contribution in [1.29, 1.82) is 0 Å². The third kappa shape index (κ3) is 4.93. The Labute approximate surface area is 190 Å². The van der Waals surface area contributed by atoms with Crippen LogP contribution in [0.3, 0.4) is 0 Å². The fourth-order valence-electron chi connectivity index (χ4n) is 4.13. The summed E-state index contributed by atoms with van der Waals surface area (Å²) in [6.45, 7) is 14.5. The molecule has 0 aliphatic rings. The van der Waals surface area contributed by atoms with Crippen LogP contribution in [-0.4, -0.2) is 11.0 Å². The van der Waals surface area contributed by atoms with Gasteiger partial charge in [0, 0.05) is 23.4 Å². The van der Waals surface area contributed by atoms with E-state index in [1.165, 1.54) is 0 Å². The van der Waals surface area contributed by atoms with Crippen LogP contribution >= 0.6 is 11.6 Å². The Morgan fingerprint density at radius 1 is 0.903 bits per heavy atom. The highest BCUT2D eigenvalue weighted by atomic mass is 35.5. The molecule has 0 spiro atoms. The number of aromatic nitrogens is 1. The van der Waals surface area contributed by atoms with Crippen LogP contribution in [-0.2, 0) is 6.42 Å². The van der Waals surface area contributed by atoms with Gasteiger partial charge in [0.1, 0.15) is 11.6 Å². The van der Waals surface area contributed by atoms with Gasteiger partial charge in [-0.05, 0) is 98.5 Å². The van der Waals surface area contributed by atoms with Crippen LogP contribution in [0, 0.1) is 32.5 Å². The molecule has 1 heterocycles. The molecule has 31 heavy (non-hydrogen) atoms. The van der Waals surface area contributed by atoms with E-state index in [-0.39, 0.29) is 5.82 Å². The second-order valence-electron chi connectivity index (χ2n) is 9.07. The van der Waals surface area contributed by atoms with Gasteiger partial charge in [0.2, 0.25) is 0 Å². The fourth-order valence-corrected chi connectivity index (χ4v) is 4.47. The fraction of sp³-hybridized carbons (Fsp3) is 0.370. The summed E-state index contributed by atoms with van der Waals surface area (Å²) in [6.07, 6.45) is 2.61. The zero-order valence-corrected chi connectivity index (χ0v) is 20.3. The van der Waals surface area contributed by atoms with Crippen molar-refractivity contribution >= 4 is 17.4 Å². The molecular weight excluding hydrogens is 407 g/mol. The van der Waals surface area contributed by atoms with Gasteiger partial charge in [-0.2, -0.15) is 0 Å². The Hall–Kier alpha value is -2.39. The Kier molecular flexibility index (Phi) is 7.06. The Morgan fingerprint density at radius 3 is 2.10 bits per heavy atom. The average Bonchev–Trinajstić information content (AvgIpc) is 2.69. The van der Waals surface area contributed by atoms with Crippen LogP contribution in [0.4, 0.5) is 10.2 Å². The average molecular weight is 439 g/mol. The van der Waals surface area contributed by atoms with E-state index in [2.05, 4.69) is 57.9 Å². The molecule has 3 aromatic rings. The molecule has 0 atom stereocenters. The number of benzene rings is 2. The molecule has 0 amide bonds. The Balaban J connectivity index is 2.08. The van der Waals surface area contributed by atoms with Crippen LogP contribution in [0.1, 0.15) is 49.9 Å². The predicted octanol–water partition coefficient (Wildman–Crippen LogP) is 8.15. The second kappa shape index (κ2) is 9.40. The summed E-state index contributed by atoms with van der Waals surface area (Å²) in [4.78, 5) is 4.56. The molecule has 0 saturated heterocycles. The van der Waals surface area contributed by atoms with E-state index in [4.69, 9.17) is 11.6 Å². The first-order valence-electron chi connectivity index (χ1n) is 10.9. The molecular formula is C27H32ClFN2. The maximum atomic E-state index is 14.8. The molecule has 0 radical (unpaired) electrons. The Morgan fingerprint density at radius 2 is 1.55 bits per heavy atom. The Bertz CT molecular complexity index is 1060. The van der Waals surface area contributed by atoms with E-state index in [0.29, 0.717) is 17.0 Å². The van der Waals surface area contributed by atoms with E-state index in [0.717, 1.165) is 56.7 Å². The molecule has 0 saturated carbocycles. The lowest BCUT2D eigenvalue weighted by atomic mass is 9.87. The van der Waals surface area contributed by atoms with Crippen molar-refractivity contribution in [3.8, 4) is 22.3 Å². The maximum Gasteiger partial charge on any atom is 0.127 e. The molecule has 3 rings (SSSR count). The summed E-state index contributed by atoms with van der Waals surface area (Å²) < 4.78 is 14.8. The van der Waals surface area contributed by atoms with Gasteiger partial charge in [0.15, 0.2) is 0 Å². The number of pyridine rings is 1. The highest BCUT2D eigenvalue weighted by Crippen LogP contribution is 2.42. The van der Waals surface area contributed by atoms with Crippen molar-refractivity contribution in [3.63, 3.8) is 0 Å². The van der Waals surface area contributed by atoms with Gasteiger partial charge < -0.3 is 5.32 Å². The summed E-state index contributed by atoms with van der Waals surface area (Å²) >= 11 is 6.88. The minimum absolute atomic E-state index is 0.168. The lowest BCUT2D eigenvalue weighted by Crippen LogP contribution is -2.10. The van der Waals surface area contributed by atoms with Gasteiger partial charge >= 0.3 is 0 Å². The number of hydrogen-bond donors (Lipinski definition) is 1. The van der Waals surface area contributed by atoms with Crippen molar-refractivity contribution in [2.24, 2.45) is 5.92 Å². The number of hydrogen-bond acceptors (Lipinski definition) is 2. The summed E-state index contributed by atoms with van der Waals surface area (Å²) in [6, 6.07) is 9.89. The molecule has 0 fully saturated rings. The highest BCUT2D eigenvalue weighted by Gasteiger charge is 2.20. The van der Waals surface area contributed by atoms with Crippen LogP contribution in [0.25, 0.3) is 22.3 Å². The number of anilines is 1. The van der Waals surface area contributed by atoms with Crippen LogP contribution in [0.5, 0.6) is 0 Å². The molecule has 164 valence electrons. The largest absolute Gasteiger partial charge is 0.368 e. The SMILES string of the molecule is Cc1c(C)c(-c2ccc(CC(C)C)c(F)c2)c(Cl)c(C)c1-c1ccc(NC(C)C)nc1. The van der Waals surface area contributed by atoms with Crippen LogP contribution in [0.15, 0.2) is 36.5 Å². The number of rotatable bonds is 6. The highest BCUT2D eigenvalue weighted by molar-refractivity contribution is 6.35. The lowest BCUT2D eigenvalue weighted by molar-refractivity contribution is 0.574. The van der Waals surface area contributed by atoms with Crippen molar-refractivity contribution in [2.45, 2.75) is 60.9 Å². The molecule has 4 heteroatoms. The zero-order chi connectivity index (χ0) is 22.9. The smallest absolute Gasteiger partial charge is 0.127 e. The first-order valence-corrected chi connectivity index (χ1v) is 11.3. The van der Waals surface area contributed by atoms with Gasteiger partial charge in [-0.3, -0.25) is 0 Å². The van der Waals surface area contributed by atoms with Crippen molar-refractivity contribution in [2.75, 3.05) is 5.32 Å². The molecule has 2 nitrogen and oxygen atoms in total. The molecule has 0 aliphatic carbocycles. The summed E-state index contributed by atoms with van der Waals surface area (Å²) in [7, 11) is 0. The number of nitrogens with one attached hydrogen (secondary N) is 1. The van der Waals surface area contributed by atoms with Crippen molar-refractivity contribution < 1.29 is 4.39 Å². The van der Waals surface area contributed by atoms with E-state index in [9.17, 15) is 4.39 Å². The van der Waals surface area contributed by atoms with E-state index < -0.39 is 0 Å². The second-order valence-corrected chi connectivity index (χ2v) is 9.45. The van der Waals surface area contributed by atoms with Gasteiger partial charge in [-0.25, -0.2) is 9.37 Å². The van der Waals surface area contributed by atoms with Gasteiger partial charge in [0.05, 0.1) is 5.02 Å². The monoisotopic (exact) mass is 438 g/mol. The minimum atomic E-state index is -0.168. The van der Waals surface area contributed by atoms with Crippen LogP contribution < -0.4 is 5.32 Å². The van der Waals surface area contributed by atoms with Crippen molar-refractivity contribution in [1.82, 2.24) is 4.98 Å². The van der Waals surface area contributed by atoms with E-state index >= 15 is 0 Å². The van der Waals surface area contributed by atoms with E-state index in [1.54, 1.807) is 6.07 Å². The third-order valence-corrected chi connectivity index (χ3v) is 6.17. The number of halogens is 2. The van der Waals surface area contributed by atoms with Gasteiger partial charge in [-0.1, -0.05) is 37.6 Å². The molecule has 0 unspecified atom stereocenters. The topological polar surface area (TPSA) is 24.9 Å². The summed E-state index contributed by atoms with van der Waals surface area (Å²) in [5.74, 6) is 1.09. The van der Waals surface area contributed by atoms with E-state index in [1.807, 2.05) is 31.3 Å².